The van der Waals surface area contributed by atoms with Crippen molar-refractivity contribution in [3.63, 3.8) is 0 Å². The SMILES string of the molecule is CCNC(CCCC(C)C)c1cc(F)cc(Br)c1. The fourth-order valence-electron chi connectivity index (χ4n) is 2.14. The van der Waals surface area contributed by atoms with Crippen LogP contribution >= 0.6 is 15.9 Å². The maximum absolute atomic E-state index is 13.4. The summed E-state index contributed by atoms with van der Waals surface area (Å²) in [4.78, 5) is 0. The number of hydrogen-bond acceptors (Lipinski definition) is 1. The van der Waals surface area contributed by atoms with E-state index in [1.807, 2.05) is 6.07 Å². The van der Waals surface area contributed by atoms with E-state index in [2.05, 4.69) is 42.0 Å². The summed E-state index contributed by atoms with van der Waals surface area (Å²) in [6.07, 6.45) is 3.45. The predicted octanol–water partition coefficient (Wildman–Crippen LogP) is 5.07. The van der Waals surface area contributed by atoms with Crippen molar-refractivity contribution in [3.05, 3.63) is 34.1 Å². The molecule has 0 saturated carbocycles. The van der Waals surface area contributed by atoms with Gasteiger partial charge in [0.25, 0.3) is 0 Å². The molecule has 0 aliphatic heterocycles. The lowest BCUT2D eigenvalue weighted by Crippen LogP contribution is -2.21. The van der Waals surface area contributed by atoms with E-state index in [-0.39, 0.29) is 11.9 Å². The first-order valence-corrected chi connectivity index (χ1v) is 7.51. The van der Waals surface area contributed by atoms with Gasteiger partial charge in [0.2, 0.25) is 0 Å². The highest BCUT2D eigenvalue weighted by Crippen LogP contribution is 2.24. The lowest BCUT2D eigenvalue weighted by Gasteiger charge is -2.19. The summed E-state index contributed by atoms with van der Waals surface area (Å²) in [5.41, 5.74) is 1.03. The highest BCUT2D eigenvalue weighted by atomic mass is 79.9. The molecule has 0 radical (unpaired) electrons. The second-order valence-electron chi connectivity index (χ2n) is 5.14. The minimum atomic E-state index is -0.175. The van der Waals surface area contributed by atoms with Crippen molar-refractivity contribution >= 4 is 15.9 Å². The molecule has 1 nitrogen and oxygen atoms in total. The molecule has 0 aromatic heterocycles. The smallest absolute Gasteiger partial charge is 0.124 e. The molecule has 1 rings (SSSR count). The van der Waals surface area contributed by atoms with Crippen LogP contribution < -0.4 is 5.32 Å². The van der Waals surface area contributed by atoms with E-state index in [1.54, 1.807) is 6.07 Å². The summed E-state index contributed by atoms with van der Waals surface area (Å²) >= 11 is 3.36. The normalized spacial score (nSPS) is 13.0. The van der Waals surface area contributed by atoms with Crippen LogP contribution in [0.4, 0.5) is 4.39 Å². The fraction of sp³-hybridized carbons (Fsp3) is 0.600. The Bertz CT molecular complexity index is 345. The molecule has 0 spiro atoms. The van der Waals surface area contributed by atoms with E-state index in [9.17, 15) is 4.39 Å². The Kier molecular flexibility index (Phi) is 6.87. The minimum absolute atomic E-state index is 0.175. The van der Waals surface area contributed by atoms with Gasteiger partial charge in [-0.1, -0.05) is 49.5 Å². The number of benzene rings is 1. The molecule has 0 saturated heterocycles. The molecule has 1 unspecified atom stereocenters. The molecular formula is C15H23BrFN. The maximum Gasteiger partial charge on any atom is 0.124 e. The van der Waals surface area contributed by atoms with Crippen molar-refractivity contribution in [1.82, 2.24) is 5.32 Å². The van der Waals surface area contributed by atoms with Crippen LogP contribution in [0.2, 0.25) is 0 Å². The van der Waals surface area contributed by atoms with Gasteiger partial charge in [-0.15, -0.1) is 0 Å². The summed E-state index contributed by atoms with van der Waals surface area (Å²) in [5, 5.41) is 3.44. The van der Waals surface area contributed by atoms with E-state index in [1.165, 1.54) is 18.9 Å². The molecule has 0 aliphatic carbocycles. The molecule has 0 heterocycles. The molecule has 0 aliphatic rings. The molecule has 3 heteroatoms. The Morgan fingerprint density at radius 3 is 2.50 bits per heavy atom. The predicted molar refractivity (Wildman–Crippen MR) is 79.2 cm³/mol. The van der Waals surface area contributed by atoms with Crippen LogP contribution in [0.5, 0.6) is 0 Å². The molecule has 1 N–H and O–H groups in total. The molecule has 1 aromatic rings. The molecule has 0 amide bonds. The first-order chi connectivity index (χ1) is 8.52. The van der Waals surface area contributed by atoms with E-state index in [0.717, 1.165) is 28.9 Å². The van der Waals surface area contributed by atoms with Crippen LogP contribution in [0.3, 0.4) is 0 Å². The zero-order valence-corrected chi connectivity index (χ0v) is 13.1. The van der Waals surface area contributed by atoms with Crippen LogP contribution in [0.1, 0.15) is 51.6 Å². The van der Waals surface area contributed by atoms with Gasteiger partial charge in [-0.2, -0.15) is 0 Å². The largest absolute Gasteiger partial charge is 0.310 e. The third-order valence-electron chi connectivity index (χ3n) is 3.01. The highest BCUT2D eigenvalue weighted by Gasteiger charge is 2.12. The van der Waals surface area contributed by atoms with Crippen LogP contribution in [0.25, 0.3) is 0 Å². The van der Waals surface area contributed by atoms with E-state index in [4.69, 9.17) is 0 Å². The molecule has 0 fully saturated rings. The first-order valence-electron chi connectivity index (χ1n) is 6.72. The van der Waals surface area contributed by atoms with Crippen molar-refractivity contribution in [2.24, 2.45) is 5.92 Å². The molecule has 1 aromatic carbocycles. The third-order valence-corrected chi connectivity index (χ3v) is 3.47. The summed E-state index contributed by atoms with van der Waals surface area (Å²) in [7, 11) is 0. The Hall–Kier alpha value is -0.410. The van der Waals surface area contributed by atoms with Crippen molar-refractivity contribution in [2.75, 3.05) is 6.54 Å². The van der Waals surface area contributed by atoms with Gasteiger partial charge in [-0.05, 0) is 42.6 Å². The monoisotopic (exact) mass is 315 g/mol. The van der Waals surface area contributed by atoms with Gasteiger partial charge in [0.05, 0.1) is 0 Å². The van der Waals surface area contributed by atoms with Crippen molar-refractivity contribution in [3.8, 4) is 0 Å². The summed E-state index contributed by atoms with van der Waals surface area (Å²) in [5.74, 6) is 0.553. The van der Waals surface area contributed by atoms with Crippen LogP contribution in [0.15, 0.2) is 22.7 Å². The Labute approximate surface area is 118 Å². The van der Waals surface area contributed by atoms with E-state index < -0.39 is 0 Å². The van der Waals surface area contributed by atoms with E-state index >= 15 is 0 Å². The summed E-state index contributed by atoms with van der Waals surface area (Å²) in [6, 6.07) is 5.39. The van der Waals surface area contributed by atoms with Gasteiger partial charge in [0, 0.05) is 10.5 Å². The fourth-order valence-corrected chi connectivity index (χ4v) is 2.62. The molecule has 1 atom stereocenters. The number of hydrogen-bond donors (Lipinski definition) is 1. The van der Waals surface area contributed by atoms with Crippen LogP contribution in [-0.4, -0.2) is 6.54 Å². The van der Waals surface area contributed by atoms with Gasteiger partial charge in [-0.25, -0.2) is 4.39 Å². The average molecular weight is 316 g/mol. The van der Waals surface area contributed by atoms with Crippen LogP contribution in [0, 0.1) is 11.7 Å². The quantitative estimate of drug-likeness (QED) is 0.741. The molecular weight excluding hydrogens is 293 g/mol. The number of rotatable bonds is 7. The first kappa shape index (κ1) is 15.6. The summed E-state index contributed by atoms with van der Waals surface area (Å²) < 4.78 is 14.2. The van der Waals surface area contributed by atoms with Crippen molar-refractivity contribution < 1.29 is 4.39 Å². The zero-order chi connectivity index (χ0) is 13.5. The third kappa shape index (κ3) is 5.49. The van der Waals surface area contributed by atoms with E-state index in [0.29, 0.717) is 0 Å². The van der Waals surface area contributed by atoms with Crippen LogP contribution in [-0.2, 0) is 0 Å². The second-order valence-corrected chi connectivity index (χ2v) is 6.05. The summed E-state index contributed by atoms with van der Waals surface area (Å²) in [6.45, 7) is 7.46. The number of halogens is 2. The second kappa shape index (κ2) is 7.90. The van der Waals surface area contributed by atoms with Gasteiger partial charge in [0.1, 0.15) is 5.82 Å². The Balaban J connectivity index is 2.70. The van der Waals surface area contributed by atoms with Gasteiger partial charge in [-0.3, -0.25) is 0 Å². The maximum atomic E-state index is 13.4. The number of nitrogens with one attached hydrogen (secondary N) is 1. The Morgan fingerprint density at radius 2 is 1.94 bits per heavy atom. The Morgan fingerprint density at radius 1 is 1.22 bits per heavy atom. The van der Waals surface area contributed by atoms with Crippen molar-refractivity contribution in [2.45, 2.75) is 46.1 Å². The van der Waals surface area contributed by atoms with Gasteiger partial charge in [0.15, 0.2) is 0 Å². The molecule has 0 bridgehead atoms. The van der Waals surface area contributed by atoms with Gasteiger partial charge >= 0.3 is 0 Å². The average Bonchev–Trinajstić information content (AvgIpc) is 2.26. The topological polar surface area (TPSA) is 12.0 Å². The molecule has 102 valence electrons. The van der Waals surface area contributed by atoms with Crippen molar-refractivity contribution in [1.29, 1.82) is 0 Å². The molecule has 18 heavy (non-hydrogen) atoms. The van der Waals surface area contributed by atoms with Gasteiger partial charge < -0.3 is 5.32 Å². The lowest BCUT2D eigenvalue weighted by atomic mass is 9.98. The highest BCUT2D eigenvalue weighted by molar-refractivity contribution is 9.10. The zero-order valence-electron chi connectivity index (χ0n) is 11.5. The standard InChI is InChI=1S/C15H23BrFN/c1-4-18-15(7-5-6-11(2)3)12-8-13(16)10-14(17)9-12/h8-11,15,18H,4-7H2,1-3H3. The lowest BCUT2D eigenvalue weighted by molar-refractivity contribution is 0.453. The minimum Gasteiger partial charge on any atom is -0.310 e.